The van der Waals surface area contributed by atoms with Gasteiger partial charge in [0.05, 0.1) is 12.6 Å². The van der Waals surface area contributed by atoms with Crippen molar-refractivity contribution in [3.8, 4) is 0 Å². The van der Waals surface area contributed by atoms with Crippen LogP contribution < -0.4 is 11.1 Å². The molecule has 1 aromatic carbocycles. The number of carbonyl (C=O) groups is 2. The van der Waals surface area contributed by atoms with Crippen LogP contribution in [-0.2, 0) is 9.59 Å². The molecule has 0 fully saturated rings. The molecule has 0 aromatic heterocycles. The Morgan fingerprint density at radius 1 is 1.35 bits per heavy atom. The van der Waals surface area contributed by atoms with Gasteiger partial charge in [0.25, 0.3) is 0 Å². The minimum Gasteiger partial charge on any atom is -0.335 e. The number of likely N-dealkylation sites (N-methyl/N-ethyl adjacent to an activating group) is 1. The third-order valence-electron chi connectivity index (χ3n) is 3.03. The average molecular weight is 300 g/mol. The molecule has 0 radical (unpaired) electrons. The summed E-state index contributed by atoms with van der Waals surface area (Å²) in [5, 5.41) is 2.80. The number of hydrogen-bond acceptors (Lipinski definition) is 3. The fraction of sp³-hybridized carbons (Fsp3) is 0.429. The van der Waals surface area contributed by atoms with Crippen molar-refractivity contribution in [3.05, 3.63) is 29.3 Å². The van der Waals surface area contributed by atoms with Gasteiger partial charge in [-0.2, -0.15) is 0 Å². The first-order valence-corrected chi connectivity index (χ1v) is 6.19. The topological polar surface area (TPSA) is 75.4 Å². The third kappa shape index (κ3) is 4.83. The molecule has 0 bridgehead atoms. The summed E-state index contributed by atoms with van der Waals surface area (Å²) in [6.07, 6.45) is 0. The van der Waals surface area contributed by atoms with Crippen LogP contribution in [0.3, 0.4) is 0 Å². The lowest BCUT2D eigenvalue weighted by molar-refractivity contribution is -0.134. The number of halogens is 1. The zero-order chi connectivity index (χ0) is 14.6. The number of nitrogens with zero attached hydrogens (tertiary/aromatic N) is 1. The number of aryl methyl sites for hydroxylation is 1. The maximum absolute atomic E-state index is 11.9. The Morgan fingerprint density at radius 3 is 2.50 bits per heavy atom. The van der Waals surface area contributed by atoms with Gasteiger partial charge in [0.1, 0.15) is 0 Å². The van der Waals surface area contributed by atoms with E-state index in [1.807, 2.05) is 32.0 Å². The molecule has 2 amide bonds. The summed E-state index contributed by atoms with van der Waals surface area (Å²) in [5.41, 5.74) is 8.39. The predicted octanol–water partition coefficient (Wildman–Crippen LogP) is 1.47. The highest BCUT2D eigenvalue weighted by Gasteiger charge is 2.16. The van der Waals surface area contributed by atoms with Gasteiger partial charge in [-0.15, -0.1) is 12.4 Å². The zero-order valence-electron chi connectivity index (χ0n) is 12.3. The lowest BCUT2D eigenvalue weighted by atomic mass is 10.1. The minimum atomic E-state index is -0.599. The first-order valence-electron chi connectivity index (χ1n) is 6.19. The van der Waals surface area contributed by atoms with Crippen molar-refractivity contribution < 1.29 is 9.59 Å². The Kier molecular flexibility index (Phi) is 7.24. The fourth-order valence-corrected chi connectivity index (χ4v) is 1.72. The Hall–Kier alpha value is -1.59. The van der Waals surface area contributed by atoms with Gasteiger partial charge in [-0.3, -0.25) is 9.59 Å². The van der Waals surface area contributed by atoms with Crippen molar-refractivity contribution in [2.75, 3.05) is 18.9 Å². The molecule has 1 rings (SSSR count). The van der Waals surface area contributed by atoms with Crippen LogP contribution in [0.4, 0.5) is 5.69 Å². The molecule has 112 valence electrons. The van der Waals surface area contributed by atoms with Crippen LogP contribution in [0.1, 0.15) is 18.1 Å². The van der Waals surface area contributed by atoms with Crippen molar-refractivity contribution in [1.82, 2.24) is 4.90 Å². The molecule has 0 heterocycles. The maximum Gasteiger partial charge on any atom is 0.243 e. The largest absolute Gasteiger partial charge is 0.335 e. The molecule has 6 heteroatoms. The second kappa shape index (κ2) is 7.87. The highest BCUT2D eigenvalue weighted by atomic mass is 35.5. The van der Waals surface area contributed by atoms with E-state index in [0.29, 0.717) is 0 Å². The van der Waals surface area contributed by atoms with Gasteiger partial charge in [-0.05, 0) is 38.0 Å². The van der Waals surface area contributed by atoms with Crippen molar-refractivity contribution in [2.24, 2.45) is 5.73 Å². The molecule has 20 heavy (non-hydrogen) atoms. The van der Waals surface area contributed by atoms with Crippen molar-refractivity contribution in [1.29, 1.82) is 0 Å². The smallest absolute Gasteiger partial charge is 0.243 e. The van der Waals surface area contributed by atoms with Crippen LogP contribution in [-0.4, -0.2) is 36.3 Å². The quantitative estimate of drug-likeness (QED) is 0.884. The molecule has 1 aromatic rings. The number of amides is 2. The van der Waals surface area contributed by atoms with Gasteiger partial charge < -0.3 is 16.0 Å². The fourth-order valence-electron chi connectivity index (χ4n) is 1.72. The Morgan fingerprint density at radius 2 is 1.95 bits per heavy atom. The summed E-state index contributed by atoms with van der Waals surface area (Å²) >= 11 is 0. The molecule has 0 aliphatic rings. The summed E-state index contributed by atoms with van der Waals surface area (Å²) in [6.45, 7) is 5.52. The van der Waals surface area contributed by atoms with Gasteiger partial charge >= 0.3 is 0 Å². The zero-order valence-corrected chi connectivity index (χ0v) is 13.1. The van der Waals surface area contributed by atoms with E-state index in [9.17, 15) is 9.59 Å². The third-order valence-corrected chi connectivity index (χ3v) is 3.03. The summed E-state index contributed by atoms with van der Waals surface area (Å²) in [4.78, 5) is 24.8. The van der Waals surface area contributed by atoms with Gasteiger partial charge in [0, 0.05) is 12.7 Å². The Balaban J connectivity index is 0.00000361. The van der Waals surface area contributed by atoms with E-state index < -0.39 is 6.04 Å². The van der Waals surface area contributed by atoms with Crippen LogP contribution in [0.5, 0.6) is 0 Å². The average Bonchev–Trinajstić information content (AvgIpc) is 2.33. The first kappa shape index (κ1) is 18.4. The Bertz CT molecular complexity index is 489. The van der Waals surface area contributed by atoms with E-state index in [1.54, 1.807) is 14.0 Å². The molecule has 0 saturated heterocycles. The molecule has 0 aliphatic carbocycles. The van der Waals surface area contributed by atoms with Crippen molar-refractivity contribution in [3.63, 3.8) is 0 Å². The number of rotatable bonds is 4. The van der Waals surface area contributed by atoms with Gasteiger partial charge in [0.2, 0.25) is 11.8 Å². The number of hydrogen-bond donors (Lipinski definition) is 2. The summed E-state index contributed by atoms with van der Waals surface area (Å²) in [7, 11) is 1.56. The summed E-state index contributed by atoms with van der Waals surface area (Å²) in [6, 6.07) is 5.11. The van der Waals surface area contributed by atoms with E-state index in [1.165, 1.54) is 4.90 Å². The monoisotopic (exact) mass is 299 g/mol. The Labute approximate surface area is 125 Å². The minimum absolute atomic E-state index is 0. The van der Waals surface area contributed by atoms with E-state index in [2.05, 4.69) is 5.32 Å². The molecule has 5 nitrogen and oxygen atoms in total. The van der Waals surface area contributed by atoms with Crippen LogP contribution in [0.2, 0.25) is 0 Å². The van der Waals surface area contributed by atoms with E-state index >= 15 is 0 Å². The molecule has 0 saturated carbocycles. The van der Waals surface area contributed by atoms with Gasteiger partial charge in [-0.1, -0.05) is 12.1 Å². The maximum atomic E-state index is 11.9. The standard InChI is InChI=1S/C14H21N3O2.ClH/c1-9-6-5-7-12(10(9)2)16-13(18)8-17(4)14(19)11(3)15;/h5-7,11H,8,15H2,1-4H3,(H,16,18);1H. The number of carbonyl (C=O) groups excluding carboxylic acids is 2. The summed E-state index contributed by atoms with van der Waals surface area (Å²) < 4.78 is 0. The van der Waals surface area contributed by atoms with Crippen molar-refractivity contribution >= 4 is 29.9 Å². The summed E-state index contributed by atoms with van der Waals surface area (Å²) in [5.74, 6) is -0.485. The number of nitrogens with one attached hydrogen (secondary N) is 1. The molecule has 0 aliphatic heterocycles. The van der Waals surface area contributed by atoms with E-state index in [-0.39, 0.29) is 30.8 Å². The molecular weight excluding hydrogens is 278 g/mol. The van der Waals surface area contributed by atoms with Crippen LogP contribution in [0.25, 0.3) is 0 Å². The highest BCUT2D eigenvalue weighted by molar-refractivity contribution is 5.95. The molecule has 1 unspecified atom stereocenters. The van der Waals surface area contributed by atoms with Crippen LogP contribution in [0.15, 0.2) is 18.2 Å². The molecular formula is C14H22ClN3O2. The van der Waals surface area contributed by atoms with E-state index in [0.717, 1.165) is 16.8 Å². The first-order chi connectivity index (χ1) is 8.82. The molecule has 0 spiro atoms. The molecule has 3 N–H and O–H groups in total. The van der Waals surface area contributed by atoms with Gasteiger partial charge in [0.15, 0.2) is 0 Å². The number of benzene rings is 1. The lowest BCUT2D eigenvalue weighted by Crippen LogP contribution is -2.43. The predicted molar refractivity (Wildman–Crippen MR) is 83.1 cm³/mol. The van der Waals surface area contributed by atoms with Crippen LogP contribution in [0, 0.1) is 13.8 Å². The van der Waals surface area contributed by atoms with Gasteiger partial charge in [-0.25, -0.2) is 0 Å². The second-order valence-corrected chi connectivity index (χ2v) is 4.78. The number of anilines is 1. The highest BCUT2D eigenvalue weighted by Crippen LogP contribution is 2.17. The lowest BCUT2D eigenvalue weighted by Gasteiger charge is -2.19. The molecule has 1 atom stereocenters. The van der Waals surface area contributed by atoms with Crippen LogP contribution >= 0.6 is 12.4 Å². The number of nitrogens with two attached hydrogens (primary N) is 1. The normalized spacial score (nSPS) is 11.2. The second-order valence-electron chi connectivity index (χ2n) is 4.78. The van der Waals surface area contributed by atoms with Crippen molar-refractivity contribution in [2.45, 2.75) is 26.8 Å². The van der Waals surface area contributed by atoms with E-state index in [4.69, 9.17) is 5.73 Å². The SMILES string of the molecule is Cc1cccc(NC(=O)CN(C)C(=O)C(C)N)c1C.Cl.